The Morgan fingerprint density at radius 3 is 1.64 bits per heavy atom. The van der Waals surface area contributed by atoms with Gasteiger partial charge >= 0.3 is 0 Å². The highest BCUT2D eigenvalue weighted by molar-refractivity contribution is 6.28. The third-order valence-electron chi connectivity index (χ3n) is 8.07. The molecule has 9 rings (SSSR count). The minimum atomic E-state index is -0.696. The summed E-state index contributed by atoms with van der Waals surface area (Å²) in [5.41, 5.74) is 0.442. The van der Waals surface area contributed by atoms with Crippen molar-refractivity contribution in [1.29, 1.82) is 0 Å². The molecule has 0 aliphatic heterocycles. The van der Waals surface area contributed by atoms with Crippen LogP contribution in [0.3, 0.4) is 0 Å². The topological polar surface area (TPSA) is 13.1 Å². The minimum Gasteiger partial charge on any atom is -0.456 e. The smallest absolute Gasteiger partial charge is 0.136 e. The fraction of sp³-hybridized carbons (Fsp3) is 0. The van der Waals surface area contributed by atoms with Crippen LogP contribution in [0.4, 0.5) is 0 Å². The SMILES string of the molecule is [2H]c1c([2H])c([2H])c(-c2c([2H])c([2H])c3oc4c([2H])c([2H])c([2H])c([2H])c4c3c2-c2c3ccccc3c(-c3c([2H])c([2H])c([2H])c([2H])c3-c3ccccc3)c3ccccc23)c([2H])c1[2H]. The molecule has 0 saturated carbocycles. The summed E-state index contributed by atoms with van der Waals surface area (Å²) in [5.74, 6) is 0. The Balaban J connectivity index is 1.60. The lowest BCUT2D eigenvalue weighted by Gasteiger charge is -2.21. The number of hydrogen-bond acceptors (Lipinski definition) is 1. The summed E-state index contributed by atoms with van der Waals surface area (Å²) in [6, 6.07) is 14.5. The van der Waals surface area contributed by atoms with Crippen LogP contribution in [0, 0.1) is 0 Å². The van der Waals surface area contributed by atoms with Crippen molar-refractivity contribution in [3.63, 3.8) is 0 Å². The highest BCUT2D eigenvalue weighted by Crippen LogP contribution is 2.50. The first-order chi connectivity index (χ1) is 28.6. The fourth-order valence-electron chi connectivity index (χ4n) is 6.25. The van der Waals surface area contributed by atoms with Crippen LogP contribution in [0.25, 0.3) is 88.0 Å². The van der Waals surface area contributed by atoms with Crippen molar-refractivity contribution in [2.24, 2.45) is 0 Å². The molecule has 0 aliphatic carbocycles. The van der Waals surface area contributed by atoms with Crippen LogP contribution in [-0.2, 0) is 0 Å². The van der Waals surface area contributed by atoms with Gasteiger partial charge in [0.1, 0.15) is 11.2 Å². The predicted octanol–water partition coefficient (Wildman–Crippen LogP) is 12.6. The number of para-hydroxylation sites is 1. The number of rotatable bonds is 4. The van der Waals surface area contributed by atoms with Crippen molar-refractivity contribution in [3.05, 3.63) is 169 Å². The maximum Gasteiger partial charge on any atom is 0.136 e. The van der Waals surface area contributed by atoms with Gasteiger partial charge in [-0.2, -0.15) is 0 Å². The molecular weight excluding hydrogens is 544 g/mol. The standard InChI is InChI=1S/C44H28O/c1-3-15-29(16-4-1)31-19-7-8-20-33(31)41-34-21-9-11-23-36(34)42(37-24-12-10-22-35(37)41)44-32(30-17-5-2-6-18-30)27-28-40-43(44)38-25-13-14-26-39(38)45-40/h1-28H/i2D,5D,6D,7D,8D,13D,14D,17D,18D,19D,20D,25D,26D,27D,28D. The normalized spacial score (nSPS) is 16.2. The third-order valence-corrected chi connectivity index (χ3v) is 8.07. The number of furan rings is 1. The molecule has 0 amide bonds. The first kappa shape index (κ1) is 14.7. The maximum atomic E-state index is 9.53. The molecule has 0 unspecified atom stereocenters. The number of benzene rings is 8. The van der Waals surface area contributed by atoms with E-state index in [0.29, 0.717) is 38.2 Å². The van der Waals surface area contributed by atoms with Crippen molar-refractivity contribution in [2.75, 3.05) is 0 Å². The molecule has 0 spiro atoms. The Hall–Kier alpha value is -5.92. The summed E-state index contributed by atoms with van der Waals surface area (Å²) >= 11 is 0. The molecule has 0 saturated heterocycles. The van der Waals surface area contributed by atoms with Crippen LogP contribution < -0.4 is 0 Å². The molecule has 1 nitrogen and oxygen atoms in total. The second-order valence-corrected chi connectivity index (χ2v) is 10.5. The lowest BCUT2D eigenvalue weighted by atomic mass is 9.81. The Morgan fingerprint density at radius 2 is 0.933 bits per heavy atom. The largest absolute Gasteiger partial charge is 0.456 e. The molecule has 0 bridgehead atoms. The molecule has 210 valence electrons. The highest BCUT2D eigenvalue weighted by Gasteiger charge is 2.24. The van der Waals surface area contributed by atoms with E-state index in [1.807, 2.05) is 0 Å². The Kier molecular flexibility index (Phi) is 3.39. The van der Waals surface area contributed by atoms with Crippen molar-refractivity contribution in [1.82, 2.24) is 0 Å². The second-order valence-electron chi connectivity index (χ2n) is 10.5. The van der Waals surface area contributed by atoms with E-state index in [-0.39, 0.29) is 56.3 Å². The Labute approximate surface area is 282 Å². The number of fused-ring (bicyclic) bond motifs is 5. The van der Waals surface area contributed by atoms with Gasteiger partial charge in [-0.3, -0.25) is 0 Å². The molecule has 0 fully saturated rings. The van der Waals surface area contributed by atoms with Gasteiger partial charge in [0.25, 0.3) is 0 Å². The average Bonchev–Trinajstić information content (AvgIpc) is 3.66. The molecular formula is C44H28O. The zero-order valence-electron chi connectivity index (χ0n) is 38.4. The second kappa shape index (κ2) is 10.4. The predicted molar refractivity (Wildman–Crippen MR) is 190 cm³/mol. The molecule has 1 heterocycles. The molecule has 0 aliphatic rings. The molecule has 8 aromatic carbocycles. The van der Waals surface area contributed by atoms with Gasteiger partial charge < -0.3 is 4.42 Å². The Morgan fingerprint density at radius 1 is 0.356 bits per heavy atom. The monoisotopic (exact) mass is 587 g/mol. The van der Waals surface area contributed by atoms with Crippen LogP contribution >= 0.6 is 0 Å². The van der Waals surface area contributed by atoms with Gasteiger partial charge in [-0.15, -0.1) is 0 Å². The van der Waals surface area contributed by atoms with Crippen molar-refractivity contribution in [2.45, 2.75) is 0 Å². The molecule has 1 aromatic heterocycles. The fourth-order valence-corrected chi connectivity index (χ4v) is 6.25. The van der Waals surface area contributed by atoms with Crippen molar-refractivity contribution < 1.29 is 25.0 Å². The minimum absolute atomic E-state index is 0.00510. The summed E-state index contributed by atoms with van der Waals surface area (Å²) in [6.45, 7) is 0. The summed E-state index contributed by atoms with van der Waals surface area (Å²) in [4.78, 5) is 0. The zero-order chi connectivity index (χ0) is 42.8. The van der Waals surface area contributed by atoms with Crippen molar-refractivity contribution in [3.8, 4) is 44.5 Å². The van der Waals surface area contributed by atoms with E-state index in [2.05, 4.69) is 0 Å². The zero-order valence-corrected chi connectivity index (χ0v) is 23.4. The summed E-state index contributed by atoms with van der Waals surface area (Å²) in [6.07, 6.45) is 0. The van der Waals surface area contributed by atoms with Crippen LogP contribution in [0.1, 0.15) is 20.6 Å². The van der Waals surface area contributed by atoms with E-state index < -0.39 is 84.1 Å². The molecule has 0 N–H and O–H groups in total. The van der Waals surface area contributed by atoms with E-state index in [0.717, 1.165) is 0 Å². The van der Waals surface area contributed by atoms with Gasteiger partial charge in [0.2, 0.25) is 0 Å². The first-order valence-electron chi connectivity index (χ1n) is 21.7. The van der Waals surface area contributed by atoms with Crippen LogP contribution in [0.15, 0.2) is 174 Å². The van der Waals surface area contributed by atoms with E-state index in [1.165, 1.54) is 0 Å². The van der Waals surface area contributed by atoms with E-state index >= 15 is 0 Å². The first-order valence-corrected chi connectivity index (χ1v) is 14.2. The van der Waals surface area contributed by atoms with Crippen LogP contribution in [0.2, 0.25) is 0 Å². The molecule has 0 radical (unpaired) electrons. The maximum absolute atomic E-state index is 9.53. The third kappa shape index (κ3) is 4.02. The van der Waals surface area contributed by atoms with Gasteiger partial charge in [-0.1, -0.05) is 157 Å². The van der Waals surface area contributed by atoms with Crippen molar-refractivity contribution >= 4 is 43.5 Å². The van der Waals surface area contributed by atoms with Gasteiger partial charge in [-0.05, 0) is 72.6 Å². The number of hydrogen-bond donors (Lipinski definition) is 0. The quantitative estimate of drug-likeness (QED) is 0.187. The van der Waals surface area contributed by atoms with E-state index in [1.54, 1.807) is 78.9 Å². The van der Waals surface area contributed by atoms with E-state index in [4.69, 9.17) is 20.9 Å². The molecule has 9 aromatic rings. The molecule has 1 heteroatoms. The molecule has 45 heavy (non-hydrogen) atoms. The van der Waals surface area contributed by atoms with Gasteiger partial charge in [0.15, 0.2) is 0 Å². The highest BCUT2D eigenvalue weighted by atomic mass is 16.3. The van der Waals surface area contributed by atoms with Gasteiger partial charge in [0, 0.05) is 16.3 Å². The van der Waals surface area contributed by atoms with Crippen LogP contribution in [0.5, 0.6) is 0 Å². The Bertz CT molecular complexity index is 3290. The summed E-state index contributed by atoms with van der Waals surface area (Å²) < 4.78 is 140. The van der Waals surface area contributed by atoms with Gasteiger partial charge in [0.05, 0.1) is 20.6 Å². The lowest BCUT2D eigenvalue weighted by Crippen LogP contribution is -1.94. The van der Waals surface area contributed by atoms with Gasteiger partial charge in [-0.25, -0.2) is 0 Å². The summed E-state index contributed by atoms with van der Waals surface area (Å²) in [5, 5.41) is 1.57. The average molecular weight is 588 g/mol. The van der Waals surface area contributed by atoms with E-state index in [9.17, 15) is 4.11 Å². The molecule has 0 atom stereocenters. The van der Waals surface area contributed by atoms with Crippen LogP contribution in [-0.4, -0.2) is 0 Å². The summed E-state index contributed by atoms with van der Waals surface area (Å²) in [7, 11) is 0. The lowest BCUT2D eigenvalue weighted by molar-refractivity contribution is 0.669.